The molecule has 10 rings (SSSR count). The highest BCUT2D eigenvalue weighted by Crippen LogP contribution is 2.43. The molecular weight excluding hydrogens is 844 g/mol. The van der Waals surface area contributed by atoms with E-state index in [9.17, 15) is 27.2 Å². The van der Waals surface area contributed by atoms with E-state index in [0.717, 1.165) is 12.5 Å². The normalized spacial score (nSPS) is 28.0. The number of pyridine rings is 1. The van der Waals surface area contributed by atoms with Crippen LogP contribution in [0.3, 0.4) is 0 Å². The topological polar surface area (TPSA) is 131 Å². The number of likely N-dealkylation sites (tertiary alicyclic amines) is 1. The number of anilines is 1. The van der Waals surface area contributed by atoms with Gasteiger partial charge < -0.3 is 29.2 Å². The number of carbonyl (C=O) groups is 2. The van der Waals surface area contributed by atoms with Crippen LogP contribution in [0, 0.1) is 11.6 Å². The van der Waals surface area contributed by atoms with Crippen LogP contribution >= 0.6 is 0 Å². The van der Waals surface area contributed by atoms with Crippen LogP contribution in [0.2, 0.25) is 0 Å². The molecule has 338 valence electrons. The number of carbonyl (C=O) groups excluding carboxylic acids is 2. The second-order valence-electron chi connectivity index (χ2n) is 17.6. The molecule has 13 nitrogen and oxygen atoms in total. The van der Waals surface area contributed by atoms with Crippen LogP contribution < -0.4 is 19.7 Å². The number of rotatable bonds is 5. The van der Waals surface area contributed by atoms with Crippen molar-refractivity contribution in [2.45, 2.75) is 100 Å². The van der Waals surface area contributed by atoms with Crippen LogP contribution in [-0.4, -0.2) is 132 Å². The first-order chi connectivity index (χ1) is 30.0. The average molecular weight is 890 g/mol. The maximum atomic E-state index is 17.6. The van der Waals surface area contributed by atoms with Crippen molar-refractivity contribution in [1.82, 2.24) is 30.1 Å². The zero-order chi connectivity index (χ0) is 44.4. The number of methoxy groups -OCH3 is 1. The minimum atomic E-state index is -4.77. The SMILES string of the molecule is CO[C@@H]1CC[C@H](C(F)(F)F)N(C(=O)Oc2cc3c4c(c(F)ccc4c2)CCCOC(=O)N[C@]2(C)C[C@@H](F)CN(C2)c2nc(OC[C@@]45CCCN4C[C@H](F)C5)nc4c(F)c-3ncc24)C1. The molecule has 2 aromatic carbocycles. The fourth-order valence-electron chi connectivity index (χ4n) is 10.3. The van der Waals surface area contributed by atoms with Crippen LogP contribution in [0.4, 0.5) is 46.1 Å². The number of alkyl carbamates (subject to hydrolysis) is 1. The Morgan fingerprint density at radius 1 is 1.05 bits per heavy atom. The van der Waals surface area contributed by atoms with Crippen molar-refractivity contribution in [3.05, 3.63) is 47.7 Å². The zero-order valence-corrected chi connectivity index (χ0v) is 34.6. The second-order valence-corrected chi connectivity index (χ2v) is 17.6. The molecule has 0 saturated carbocycles. The highest BCUT2D eigenvalue weighted by atomic mass is 19.4. The molecule has 2 aromatic heterocycles. The summed E-state index contributed by atoms with van der Waals surface area (Å²) in [6.07, 6.45) is -7.62. The molecule has 6 aliphatic heterocycles. The van der Waals surface area contributed by atoms with Gasteiger partial charge in [0.25, 0.3) is 0 Å². The number of nitrogens with zero attached hydrogens (tertiary/aromatic N) is 6. The molecule has 2 amide bonds. The van der Waals surface area contributed by atoms with Crippen LogP contribution in [-0.2, 0) is 15.9 Å². The summed E-state index contributed by atoms with van der Waals surface area (Å²) in [4.78, 5) is 44.6. The molecule has 1 N–H and O–H groups in total. The van der Waals surface area contributed by atoms with Gasteiger partial charge in [-0.05, 0) is 86.5 Å². The lowest BCUT2D eigenvalue weighted by atomic mass is 9.90. The standard InChI is InChI=1S/C43H46F7N7O6/c1-41-15-24(44)18-55(21-41)37-30-17-51-35(34(47)36(30)52-38(53-37)62-22-42-10-4-11-56(42)19-25(45)16-42)29-14-27(63-40(59)57-20-26(60-2)7-9-32(57)43(48,49)50)13-23-6-8-31(46)28(33(23)29)5-3-12-61-39(58)54-41/h6,8,13-14,17,24-26,32H,3-5,7,9-12,15-16,18-22H2,1-2H3,(H,54,58)/t24-,25-,26-,32-,41-,42+/m1/s1. The number of ether oxygens (including phenoxy) is 4. The predicted molar refractivity (Wildman–Crippen MR) is 214 cm³/mol. The number of aryl methyl sites for hydroxylation is 1. The molecular formula is C43H46F7N7O6. The van der Waals surface area contributed by atoms with Gasteiger partial charge in [0, 0.05) is 44.8 Å². The van der Waals surface area contributed by atoms with E-state index >= 15 is 13.2 Å². The van der Waals surface area contributed by atoms with Crippen molar-refractivity contribution < 1.29 is 59.3 Å². The van der Waals surface area contributed by atoms with E-state index in [1.807, 2.05) is 4.90 Å². The van der Waals surface area contributed by atoms with Gasteiger partial charge in [-0.15, -0.1) is 0 Å². The summed E-state index contributed by atoms with van der Waals surface area (Å²) in [7, 11) is 1.33. The quantitative estimate of drug-likeness (QED) is 0.199. The Hall–Kier alpha value is -5.24. The summed E-state index contributed by atoms with van der Waals surface area (Å²) < 4.78 is 129. The number of amides is 2. The van der Waals surface area contributed by atoms with E-state index in [1.54, 1.807) is 6.92 Å². The van der Waals surface area contributed by atoms with Crippen molar-refractivity contribution in [3.8, 4) is 23.0 Å². The number of hydrogen-bond donors (Lipinski definition) is 1. The lowest BCUT2D eigenvalue weighted by Crippen LogP contribution is -2.60. The molecule has 8 heterocycles. The molecule has 6 atom stereocenters. The Morgan fingerprint density at radius 2 is 1.86 bits per heavy atom. The van der Waals surface area contributed by atoms with Gasteiger partial charge >= 0.3 is 24.4 Å². The van der Waals surface area contributed by atoms with Gasteiger partial charge in [0.15, 0.2) is 5.82 Å². The third-order valence-corrected chi connectivity index (χ3v) is 13.1. The third kappa shape index (κ3) is 8.24. The number of aromatic nitrogens is 3. The molecule has 0 radical (unpaired) electrons. The predicted octanol–water partition coefficient (Wildman–Crippen LogP) is 7.60. The van der Waals surface area contributed by atoms with E-state index in [0.29, 0.717) is 17.9 Å². The maximum absolute atomic E-state index is 17.6. The number of piperidine rings is 2. The van der Waals surface area contributed by atoms with E-state index in [-0.39, 0.29) is 121 Å². The van der Waals surface area contributed by atoms with E-state index in [2.05, 4.69) is 20.3 Å². The fraction of sp³-hybridized carbons (Fsp3) is 0.558. The molecule has 4 aromatic rings. The first-order valence-corrected chi connectivity index (χ1v) is 21.1. The lowest BCUT2D eigenvalue weighted by molar-refractivity contribution is -0.191. The van der Waals surface area contributed by atoms with Gasteiger partial charge in [-0.3, -0.25) is 14.8 Å². The minimum Gasteiger partial charge on any atom is -0.461 e. The Balaban J connectivity index is 1.20. The summed E-state index contributed by atoms with van der Waals surface area (Å²) in [5, 5.41) is 3.16. The Bertz CT molecular complexity index is 2450. The number of benzene rings is 2. The molecule has 20 heteroatoms. The molecule has 0 unspecified atom stereocenters. The summed E-state index contributed by atoms with van der Waals surface area (Å²) in [6.45, 7) is 1.75. The van der Waals surface area contributed by atoms with E-state index in [1.165, 1.54) is 36.4 Å². The highest BCUT2D eigenvalue weighted by molar-refractivity contribution is 6.02. The summed E-state index contributed by atoms with van der Waals surface area (Å²) in [6, 6.07) is 2.58. The molecule has 6 bridgehead atoms. The number of nitrogens with one attached hydrogen (secondary N) is 1. The first-order valence-electron chi connectivity index (χ1n) is 21.1. The number of hydrogen-bond acceptors (Lipinski definition) is 11. The van der Waals surface area contributed by atoms with Crippen LogP contribution in [0.1, 0.15) is 57.4 Å². The average Bonchev–Trinajstić information content (AvgIpc) is 3.76. The Labute approximate surface area is 357 Å². The summed E-state index contributed by atoms with van der Waals surface area (Å²) in [5.74, 6) is -1.99. The molecule has 63 heavy (non-hydrogen) atoms. The Kier molecular flexibility index (Phi) is 11.2. The Morgan fingerprint density at radius 3 is 2.65 bits per heavy atom. The van der Waals surface area contributed by atoms with Crippen molar-refractivity contribution in [2.24, 2.45) is 0 Å². The van der Waals surface area contributed by atoms with E-state index < -0.39 is 78.5 Å². The molecule has 4 fully saturated rings. The fourth-order valence-corrected chi connectivity index (χ4v) is 10.3. The number of halogens is 7. The summed E-state index contributed by atoms with van der Waals surface area (Å²) in [5.41, 5.74) is -2.58. The monoisotopic (exact) mass is 889 g/mol. The summed E-state index contributed by atoms with van der Waals surface area (Å²) >= 11 is 0. The van der Waals surface area contributed by atoms with Crippen molar-refractivity contribution >= 4 is 39.7 Å². The highest BCUT2D eigenvalue weighted by Gasteiger charge is 2.50. The third-order valence-electron chi connectivity index (χ3n) is 13.1. The van der Waals surface area contributed by atoms with Crippen LogP contribution in [0.5, 0.6) is 11.8 Å². The largest absolute Gasteiger partial charge is 0.461 e. The molecule has 4 saturated heterocycles. The molecule has 0 spiro atoms. The van der Waals surface area contributed by atoms with Crippen molar-refractivity contribution in [1.29, 1.82) is 0 Å². The minimum absolute atomic E-state index is 0.000713. The zero-order valence-electron chi connectivity index (χ0n) is 34.6. The lowest BCUT2D eigenvalue weighted by Gasteiger charge is -2.42. The second kappa shape index (κ2) is 16.4. The van der Waals surface area contributed by atoms with Gasteiger partial charge in [0.2, 0.25) is 0 Å². The first kappa shape index (κ1) is 43.0. The van der Waals surface area contributed by atoms with Gasteiger partial charge in [-0.25, -0.2) is 27.2 Å². The van der Waals surface area contributed by atoms with Gasteiger partial charge in [-0.1, -0.05) is 6.07 Å². The molecule has 0 aliphatic carbocycles. The maximum Gasteiger partial charge on any atom is 0.415 e. The smallest absolute Gasteiger partial charge is 0.415 e. The van der Waals surface area contributed by atoms with Gasteiger partial charge in [0.05, 0.1) is 42.3 Å². The van der Waals surface area contributed by atoms with Crippen molar-refractivity contribution in [3.63, 3.8) is 0 Å². The van der Waals surface area contributed by atoms with Crippen molar-refractivity contribution in [2.75, 3.05) is 57.9 Å². The van der Waals surface area contributed by atoms with Crippen LogP contribution in [0.15, 0.2) is 30.5 Å². The number of alkyl halides is 5. The van der Waals surface area contributed by atoms with Crippen LogP contribution in [0.25, 0.3) is 32.9 Å². The number of fused-ring (bicyclic) bond motifs is 7. The van der Waals surface area contributed by atoms with E-state index in [4.69, 9.17) is 18.9 Å². The van der Waals surface area contributed by atoms with Gasteiger partial charge in [-0.2, -0.15) is 23.1 Å². The van der Waals surface area contributed by atoms with Gasteiger partial charge in [0.1, 0.15) is 53.6 Å². The molecule has 6 aliphatic rings.